The first kappa shape index (κ1) is 39.1. The van der Waals surface area contributed by atoms with Gasteiger partial charge in [0.1, 0.15) is 91.6 Å². The number of carboxylic acid groups (broad SMARTS) is 1. The van der Waals surface area contributed by atoms with Crippen LogP contribution in [0.25, 0.3) is 0 Å². The van der Waals surface area contributed by atoms with Gasteiger partial charge in [0.15, 0.2) is 25.0 Å². The van der Waals surface area contributed by atoms with Crippen molar-refractivity contribution in [2.45, 2.75) is 117 Å². The van der Waals surface area contributed by atoms with Gasteiger partial charge < -0.3 is 105 Å². The standard InChI is InChI=1S/C24H42O22/c25-1-5(29)18(11(32)14(35)21(39)40)44-23-16(37)12(33)20(7(3-27)42-23)46-24-17(38)13(34)19(8(4-28)43-24)45-22-15(36)10(31)9(30)6(2-26)41-22/h5-20,22-38H,1-4H2,(H,39,40)/t5-,6-,7-,8-,9-,10+,11-,12-,13-,14-,15-,16-,17-,18-,19-,20-,22+,23+,24+/m1/s1. The Kier molecular flexibility index (Phi) is 14.3. The zero-order valence-electron chi connectivity index (χ0n) is 23.9. The summed E-state index contributed by atoms with van der Waals surface area (Å²) in [4.78, 5) is 11.1. The molecule has 0 aromatic rings. The van der Waals surface area contributed by atoms with Gasteiger partial charge in [0.2, 0.25) is 0 Å². The lowest BCUT2D eigenvalue weighted by atomic mass is 9.96. The summed E-state index contributed by atoms with van der Waals surface area (Å²) in [5.41, 5.74) is 0. The topological polar surface area (TPSA) is 376 Å². The van der Waals surface area contributed by atoms with Crippen LogP contribution in [0.5, 0.6) is 0 Å². The van der Waals surface area contributed by atoms with E-state index in [1.54, 1.807) is 0 Å². The van der Waals surface area contributed by atoms with Gasteiger partial charge in [-0.15, -0.1) is 0 Å². The van der Waals surface area contributed by atoms with Crippen molar-refractivity contribution in [3.05, 3.63) is 0 Å². The number of carbonyl (C=O) groups is 1. The Morgan fingerprint density at radius 3 is 1.43 bits per heavy atom. The second-order valence-electron chi connectivity index (χ2n) is 10.9. The van der Waals surface area contributed by atoms with E-state index in [1.807, 2.05) is 0 Å². The molecule has 0 bridgehead atoms. The van der Waals surface area contributed by atoms with E-state index in [2.05, 4.69) is 0 Å². The lowest BCUT2D eigenvalue weighted by Crippen LogP contribution is -2.67. The quantitative estimate of drug-likeness (QED) is 0.0808. The van der Waals surface area contributed by atoms with Crippen molar-refractivity contribution in [3.63, 3.8) is 0 Å². The average Bonchev–Trinajstić information content (AvgIpc) is 3.04. The average molecular weight is 683 g/mol. The monoisotopic (exact) mass is 682 g/mol. The van der Waals surface area contributed by atoms with Crippen LogP contribution in [-0.4, -0.2) is 226 Å². The molecule has 19 atom stereocenters. The molecule has 22 heteroatoms. The fraction of sp³-hybridized carbons (Fsp3) is 0.958. The normalized spacial score (nSPS) is 44.7. The third-order valence-corrected chi connectivity index (χ3v) is 7.84. The van der Waals surface area contributed by atoms with E-state index in [-0.39, 0.29) is 0 Å². The minimum absolute atomic E-state index is 0.806. The Balaban J connectivity index is 1.73. The highest BCUT2D eigenvalue weighted by atomic mass is 16.8. The van der Waals surface area contributed by atoms with Crippen molar-refractivity contribution in [1.82, 2.24) is 0 Å². The van der Waals surface area contributed by atoms with Gasteiger partial charge in [0, 0.05) is 0 Å². The molecule has 3 fully saturated rings. The first-order valence-electron chi connectivity index (χ1n) is 14.0. The predicted molar refractivity (Wildman–Crippen MR) is 137 cm³/mol. The summed E-state index contributed by atoms with van der Waals surface area (Å²) in [7, 11) is 0. The number of hydrogen-bond donors (Lipinski definition) is 15. The zero-order chi connectivity index (χ0) is 34.6. The van der Waals surface area contributed by atoms with Crippen LogP contribution in [0.15, 0.2) is 0 Å². The molecule has 0 aromatic carbocycles. The van der Waals surface area contributed by atoms with Crippen molar-refractivity contribution in [3.8, 4) is 0 Å². The Morgan fingerprint density at radius 1 is 0.587 bits per heavy atom. The molecule has 0 aromatic heterocycles. The second-order valence-corrected chi connectivity index (χ2v) is 10.9. The molecule has 3 saturated heterocycles. The summed E-state index contributed by atoms with van der Waals surface area (Å²) in [5, 5.41) is 150. The van der Waals surface area contributed by atoms with Gasteiger partial charge in [-0.2, -0.15) is 0 Å². The van der Waals surface area contributed by atoms with Crippen molar-refractivity contribution >= 4 is 5.97 Å². The summed E-state index contributed by atoms with van der Waals surface area (Å²) in [6.45, 7) is -3.86. The zero-order valence-corrected chi connectivity index (χ0v) is 23.9. The van der Waals surface area contributed by atoms with E-state index in [9.17, 15) is 76.3 Å². The predicted octanol–water partition coefficient (Wildman–Crippen LogP) is -10.0. The molecule has 0 amide bonds. The lowest BCUT2D eigenvalue weighted by Gasteiger charge is -2.48. The fourth-order valence-electron chi connectivity index (χ4n) is 5.14. The molecule has 0 radical (unpaired) electrons. The highest BCUT2D eigenvalue weighted by Crippen LogP contribution is 2.33. The van der Waals surface area contributed by atoms with Crippen molar-refractivity contribution in [2.24, 2.45) is 0 Å². The van der Waals surface area contributed by atoms with Crippen LogP contribution < -0.4 is 0 Å². The van der Waals surface area contributed by atoms with E-state index in [0.717, 1.165) is 0 Å². The van der Waals surface area contributed by atoms with Crippen LogP contribution in [0.1, 0.15) is 0 Å². The fourth-order valence-corrected chi connectivity index (χ4v) is 5.14. The number of rotatable bonds is 14. The van der Waals surface area contributed by atoms with Crippen LogP contribution in [0, 0.1) is 0 Å². The van der Waals surface area contributed by atoms with Gasteiger partial charge in [0.25, 0.3) is 0 Å². The summed E-state index contributed by atoms with van der Waals surface area (Å²) in [6.07, 6.45) is -36.9. The molecule has 3 rings (SSSR count). The highest BCUT2D eigenvalue weighted by Gasteiger charge is 2.54. The molecule has 270 valence electrons. The lowest BCUT2D eigenvalue weighted by molar-refractivity contribution is -0.383. The van der Waals surface area contributed by atoms with Gasteiger partial charge >= 0.3 is 5.97 Å². The molecule has 46 heavy (non-hydrogen) atoms. The van der Waals surface area contributed by atoms with Gasteiger partial charge in [-0.3, -0.25) is 0 Å². The van der Waals surface area contributed by atoms with E-state index in [1.165, 1.54) is 0 Å². The van der Waals surface area contributed by atoms with Crippen molar-refractivity contribution in [1.29, 1.82) is 0 Å². The molecule has 0 aliphatic carbocycles. The summed E-state index contributed by atoms with van der Waals surface area (Å²) < 4.78 is 32.2. The number of aliphatic carboxylic acids is 1. The van der Waals surface area contributed by atoms with Gasteiger partial charge in [-0.05, 0) is 0 Å². The number of aliphatic hydroxyl groups is 14. The summed E-state index contributed by atoms with van der Waals surface area (Å²) in [5.74, 6) is -1.94. The largest absolute Gasteiger partial charge is 0.479 e. The van der Waals surface area contributed by atoms with Crippen LogP contribution in [0.3, 0.4) is 0 Å². The SMILES string of the molecule is O=C(O)[C@H](O)[C@@H](O)[C@H](O[C@@H]1O[C@H](CO)[C@@H](O[C@@H]2O[C@H](CO)[C@@H](O[C@@H]3O[C@H](CO)[C@@H](O)[C@H](O)[C@H]3O)[C@H](O)[C@H]2O)[C@H](O)[C@H]1O)[C@H](O)CO. The highest BCUT2D eigenvalue weighted by molar-refractivity contribution is 5.72. The first-order chi connectivity index (χ1) is 21.6. The maximum Gasteiger partial charge on any atom is 0.335 e. The minimum Gasteiger partial charge on any atom is -0.479 e. The Bertz CT molecular complexity index is 940. The molecule has 0 saturated carbocycles. The van der Waals surface area contributed by atoms with Crippen LogP contribution in [0.2, 0.25) is 0 Å². The van der Waals surface area contributed by atoms with Crippen molar-refractivity contribution in [2.75, 3.05) is 26.4 Å². The first-order valence-corrected chi connectivity index (χ1v) is 14.0. The van der Waals surface area contributed by atoms with Gasteiger partial charge in [0.05, 0.1) is 26.4 Å². The van der Waals surface area contributed by atoms with Crippen LogP contribution in [-0.2, 0) is 33.2 Å². The summed E-state index contributed by atoms with van der Waals surface area (Å²) in [6, 6.07) is 0. The van der Waals surface area contributed by atoms with Gasteiger partial charge in [-0.1, -0.05) is 0 Å². The van der Waals surface area contributed by atoms with E-state index >= 15 is 0 Å². The van der Waals surface area contributed by atoms with Crippen LogP contribution in [0.4, 0.5) is 0 Å². The van der Waals surface area contributed by atoms with E-state index in [0.29, 0.717) is 0 Å². The van der Waals surface area contributed by atoms with Gasteiger partial charge in [-0.25, -0.2) is 4.79 Å². The molecular formula is C24H42O22. The molecule has 3 heterocycles. The molecule has 3 aliphatic rings. The van der Waals surface area contributed by atoms with E-state index in [4.69, 9.17) is 33.5 Å². The van der Waals surface area contributed by atoms with E-state index < -0.39 is 149 Å². The number of hydrogen-bond acceptors (Lipinski definition) is 21. The molecule has 0 unspecified atom stereocenters. The molecule has 22 nitrogen and oxygen atoms in total. The number of aliphatic hydroxyl groups excluding tert-OH is 14. The molecule has 0 spiro atoms. The number of ether oxygens (including phenoxy) is 6. The maximum absolute atomic E-state index is 11.1. The Morgan fingerprint density at radius 2 is 1.00 bits per heavy atom. The third kappa shape index (κ3) is 8.27. The number of carboxylic acids is 1. The molecular weight excluding hydrogens is 640 g/mol. The van der Waals surface area contributed by atoms with Crippen LogP contribution >= 0.6 is 0 Å². The smallest absolute Gasteiger partial charge is 0.335 e. The summed E-state index contributed by atoms with van der Waals surface area (Å²) >= 11 is 0. The Labute approximate surface area is 259 Å². The molecule has 3 aliphatic heterocycles. The molecule has 15 N–H and O–H groups in total. The maximum atomic E-state index is 11.1. The van der Waals surface area contributed by atoms with Crippen molar-refractivity contribution < 1.29 is 110 Å². The Hall–Kier alpha value is -1.33. The third-order valence-electron chi connectivity index (χ3n) is 7.84. The second kappa shape index (κ2) is 16.9. The minimum atomic E-state index is -2.54.